The topological polar surface area (TPSA) is 36.9 Å². The van der Waals surface area contributed by atoms with Crippen molar-refractivity contribution < 1.29 is 18.9 Å². The van der Waals surface area contributed by atoms with Gasteiger partial charge >= 0.3 is 0 Å². The lowest BCUT2D eigenvalue weighted by atomic mass is 10.2. The van der Waals surface area contributed by atoms with Crippen LogP contribution in [-0.4, -0.2) is 27.6 Å². The minimum atomic E-state index is -0.400. The molecule has 17 heavy (non-hydrogen) atoms. The average molecular weight is 238 g/mol. The quantitative estimate of drug-likeness (QED) is 0.540. The third-order valence-corrected chi connectivity index (χ3v) is 2.29. The third kappa shape index (κ3) is 3.76. The monoisotopic (exact) mass is 238 g/mol. The predicted molar refractivity (Wildman–Crippen MR) is 65.3 cm³/mol. The molecule has 0 aliphatic rings. The fraction of sp³-hybridized carbons (Fsp3) is 0.385. The highest BCUT2D eigenvalue weighted by molar-refractivity contribution is 5.42. The molecule has 0 fully saturated rings. The van der Waals surface area contributed by atoms with Gasteiger partial charge in [0.25, 0.3) is 0 Å². The standard InChI is InChI=1S/C13H18O4/c1-5-13(16-4)17-9-10-6-7-11(14-2)12(8-10)15-3/h5-8,13H,1,9H2,2-4H3. The van der Waals surface area contributed by atoms with Gasteiger partial charge in [0.2, 0.25) is 0 Å². The lowest BCUT2D eigenvalue weighted by Gasteiger charge is -2.13. The molecule has 1 rings (SSSR count). The Morgan fingerprint density at radius 2 is 1.88 bits per heavy atom. The van der Waals surface area contributed by atoms with Crippen LogP contribution in [0.15, 0.2) is 30.9 Å². The molecule has 1 unspecified atom stereocenters. The van der Waals surface area contributed by atoms with Gasteiger partial charge in [-0.1, -0.05) is 12.6 Å². The van der Waals surface area contributed by atoms with Crippen LogP contribution in [0.4, 0.5) is 0 Å². The van der Waals surface area contributed by atoms with Crippen molar-refractivity contribution >= 4 is 0 Å². The number of hydrogen-bond acceptors (Lipinski definition) is 4. The van der Waals surface area contributed by atoms with E-state index in [0.717, 1.165) is 5.56 Å². The Bertz CT molecular complexity index is 362. The minimum Gasteiger partial charge on any atom is -0.493 e. The zero-order chi connectivity index (χ0) is 12.7. The molecule has 0 amide bonds. The maximum Gasteiger partial charge on any atom is 0.176 e. The summed E-state index contributed by atoms with van der Waals surface area (Å²) in [6, 6.07) is 5.62. The van der Waals surface area contributed by atoms with Crippen molar-refractivity contribution in [2.24, 2.45) is 0 Å². The Labute approximate surface area is 102 Å². The zero-order valence-electron chi connectivity index (χ0n) is 10.4. The van der Waals surface area contributed by atoms with Gasteiger partial charge in [-0.15, -0.1) is 0 Å². The minimum absolute atomic E-state index is 0.400. The van der Waals surface area contributed by atoms with Gasteiger partial charge in [-0.05, 0) is 23.8 Å². The Hall–Kier alpha value is -1.52. The first kappa shape index (κ1) is 13.5. The van der Waals surface area contributed by atoms with Crippen molar-refractivity contribution in [1.29, 1.82) is 0 Å². The Morgan fingerprint density at radius 3 is 2.41 bits per heavy atom. The summed E-state index contributed by atoms with van der Waals surface area (Å²) in [5, 5.41) is 0. The summed E-state index contributed by atoms with van der Waals surface area (Å²) in [6.07, 6.45) is 1.20. The fourth-order valence-corrected chi connectivity index (χ4v) is 1.38. The molecule has 1 aromatic rings. The summed E-state index contributed by atoms with van der Waals surface area (Å²) in [5.74, 6) is 1.38. The van der Waals surface area contributed by atoms with Gasteiger partial charge in [-0.25, -0.2) is 0 Å². The molecule has 0 saturated carbocycles. The van der Waals surface area contributed by atoms with Crippen molar-refractivity contribution in [3.05, 3.63) is 36.4 Å². The van der Waals surface area contributed by atoms with E-state index in [0.29, 0.717) is 18.1 Å². The van der Waals surface area contributed by atoms with Crippen molar-refractivity contribution in [3.63, 3.8) is 0 Å². The van der Waals surface area contributed by atoms with Crippen LogP contribution in [0.2, 0.25) is 0 Å². The molecule has 1 atom stereocenters. The molecule has 0 saturated heterocycles. The SMILES string of the molecule is C=CC(OC)OCc1ccc(OC)c(OC)c1. The predicted octanol–water partition coefficient (Wildman–Crippen LogP) is 2.38. The lowest BCUT2D eigenvalue weighted by molar-refractivity contribution is -0.0984. The number of ether oxygens (including phenoxy) is 4. The van der Waals surface area contributed by atoms with E-state index < -0.39 is 6.29 Å². The van der Waals surface area contributed by atoms with Gasteiger partial charge in [0.1, 0.15) is 0 Å². The second kappa shape index (κ2) is 6.93. The molecule has 4 heteroatoms. The molecule has 0 aliphatic carbocycles. The van der Waals surface area contributed by atoms with Gasteiger partial charge in [-0.2, -0.15) is 0 Å². The molecule has 0 heterocycles. The maximum absolute atomic E-state index is 5.46. The molecule has 1 aromatic carbocycles. The van der Waals surface area contributed by atoms with E-state index in [-0.39, 0.29) is 0 Å². The summed E-state index contributed by atoms with van der Waals surface area (Å²) >= 11 is 0. The van der Waals surface area contributed by atoms with Crippen LogP contribution in [0, 0.1) is 0 Å². The average Bonchev–Trinajstić information content (AvgIpc) is 2.39. The van der Waals surface area contributed by atoms with Gasteiger partial charge in [0.15, 0.2) is 17.8 Å². The van der Waals surface area contributed by atoms with Crippen molar-refractivity contribution in [2.45, 2.75) is 12.9 Å². The normalized spacial score (nSPS) is 11.9. The van der Waals surface area contributed by atoms with Gasteiger partial charge < -0.3 is 18.9 Å². The highest BCUT2D eigenvalue weighted by atomic mass is 16.7. The second-order valence-electron chi connectivity index (χ2n) is 3.34. The number of hydrogen-bond donors (Lipinski definition) is 0. The molecule has 0 spiro atoms. The van der Waals surface area contributed by atoms with E-state index in [1.807, 2.05) is 18.2 Å². The molecular weight excluding hydrogens is 220 g/mol. The van der Waals surface area contributed by atoms with Crippen LogP contribution in [0.5, 0.6) is 11.5 Å². The van der Waals surface area contributed by atoms with Crippen LogP contribution in [0.25, 0.3) is 0 Å². The summed E-state index contributed by atoms with van der Waals surface area (Å²) in [4.78, 5) is 0. The van der Waals surface area contributed by atoms with Crippen LogP contribution < -0.4 is 9.47 Å². The van der Waals surface area contributed by atoms with E-state index in [9.17, 15) is 0 Å². The summed E-state index contributed by atoms with van der Waals surface area (Å²) in [6.45, 7) is 4.03. The first-order chi connectivity index (χ1) is 8.24. The highest BCUT2D eigenvalue weighted by Gasteiger charge is 2.06. The van der Waals surface area contributed by atoms with Gasteiger partial charge in [0, 0.05) is 7.11 Å². The van der Waals surface area contributed by atoms with Crippen LogP contribution in [0.1, 0.15) is 5.56 Å². The number of rotatable bonds is 7. The molecular formula is C13H18O4. The fourth-order valence-electron chi connectivity index (χ4n) is 1.38. The lowest BCUT2D eigenvalue weighted by Crippen LogP contribution is -2.11. The van der Waals surface area contributed by atoms with Crippen molar-refractivity contribution in [2.75, 3.05) is 21.3 Å². The molecule has 94 valence electrons. The van der Waals surface area contributed by atoms with Crippen LogP contribution in [0.3, 0.4) is 0 Å². The van der Waals surface area contributed by atoms with Crippen LogP contribution in [-0.2, 0) is 16.1 Å². The molecule has 0 N–H and O–H groups in total. The third-order valence-electron chi connectivity index (χ3n) is 2.29. The molecule has 0 aliphatic heterocycles. The Kier molecular flexibility index (Phi) is 5.52. The summed E-state index contributed by atoms with van der Waals surface area (Å²) in [5.41, 5.74) is 0.978. The van der Waals surface area contributed by atoms with Gasteiger partial charge in [-0.3, -0.25) is 0 Å². The molecule has 0 bridgehead atoms. The first-order valence-electron chi connectivity index (χ1n) is 5.23. The van der Waals surface area contributed by atoms with Crippen LogP contribution >= 0.6 is 0 Å². The summed E-state index contributed by atoms with van der Waals surface area (Å²) in [7, 11) is 4.78. The Balaban J connectivity index is 2.69. The molecule has 0 radical (unpaired) electrons. The molecule has 0 aromatic heterocycles. The van der Waals surface area contributed by atoms with E-state index in [1.165, 1.54) is 0 Å². The van der Waals surface area contributed by atoms with Crippen molar-refractivity contribution in [3.8, 4) is 11.5 Å². The smallest absolute Gasteiger partial charge is 0.176 e. The first-order valence-corrected chi connectivity index (χ1v) is 5.23. The zero-order valence-corrected chi connectivity index (χ0v) is 10.4. The maximum atomic E-state index is 5.46. The van der Waals surface area contributed by atoms with E-state index in [1.54, 1.807) is 27.4 Å². The molecule has 4 nitrogen and oxygen atoms in total. The summed E-state index contributed by atoms with van der Waals surface area (Å²) < 4.78 is 20.8. The van der Waals surface area contributed by atoms with E-state index >= 15 is 0 Å². The Morgan fingerprint density at radius 1 is 1.18 bits per heavy atom. The number of benzene rings is 1. The largest absolute Gasteiger partial charge is 0.493 e. The number of methoxy groups -OCH3 is 3. The van der Waals surface area contributed by atoms with Crippen molar-refractivity contribution in [1.82, 2.24) is 0 Å². The second-order valence-corrected chi connectivity index (χ2v) is 3.34. The highest BCUT2D eigenvalue weighted by Crippen LogP contribution is 2.27. The van der Waals surface area contributed by atoms with E-state index in [4.69, 9.17) is 18.9 Å². The van der Waals surface area contributed by atoms with E-state index in [2.05, 4.69) is 6.58 Å². The van der Waals surface area contributed by atoms with Gasteiger partial charge in [0.05, 0.1) is 20.8 Å².